The number of sulfonamides is 1. The molecule has 0 spiro atoms. The Morgan fingerprint density at radius 1 is 0.931 bits per heavy atom. The van der Waals surface area contributed by atoms with E-state index in [1.807, 2.05) is 42.5 Å². The lowest BCUT2D eigenvalue weighted by Crippen LogP contribution is -2.22. The van der Waals surface area contributed by atoms with Gasteiger partial charge in [0.25, 0.3) is 5.91 Å². The highest BCUT2D eigenvalue weighted by molar-refractivity contribution is 7.89. The summed E-state index contributed by atoms with van der Waals surface area (Å²) in [5.74, 6) is 0.191. The van der Waals surface area contributed by atoms with Crippen LogP contribution in [0.15, 0.2) is 77.7 Å². The predicted octanol–water partition coefficient (Wildman–Crippen LogP) is 3.59. The minimum Gasteiger partial charge on any atom is -0.484 e. The molecule has 0 heterocycles. The van der Waals surface area contributed by atoms with Gasteiger partial charge in [0.1, 0.15) is 5.75 Å². The first-order chi connectivity index (χ1) is 13.9. The normalized spacial score (nSPS) is 11.1. The first kappa shape index (κ1) is 20.6. The Kier molecular flexibility index (Phi) is 6.31. The van der Waals surface area contributed by atoms with E-state index in [4.69, 9.17) is 4.74 Å². The molecule has 0 bridgehead atoms. The number of carbonyl (C=O) groups excluding carboxylic acids is 1. The number of aryl methyl sites for hydroxylation is 1. The van der Waals surface area contributed by atoms with Gasteiger partial charge in [0.2, 0.25) is 10.0 Å². The first-order valence-corrected chi connectivity index (χ1v) is 10.5. The van der Waals surface area contributed by atoms with E-state index in [1.165, 1.54) is 13.1 Å². The van der Waals surface area contributed by atoms with Crippen LogP contribution in [-0.4, -0.2) is 28.0 Å². The molecular weight excluding hydrogens is 388 g/mol. The Morgan fingerprint density at radius 3 is 2.24 bits per heavy atom. The van der Waals surface area contributed by atoms with Crippen LogP contribution in [0.3, 0.4) is 0 Å². The lowest BCUT2D eigenvalue weighted by atomic mass is 10.1. The molecule has 7 heteroatoms. The number of benzene rings is 3. The van der Waals surface area contributed by atoms with Gasteiger partial charge in [-0.2, -0.15) is 0 Å². The molecule has 0 radical (unpaired) electrons. The number of hydrogen-bond donors (Lipinski definition) is 2. The third kappa shape index (κ3) is 5.22. The van der Waals surface area contributed by atoms with E-state index in [9.17, 15) is 13.2 Å². The topological polar surface area (TPSA) is 84.5 Å². The zero-order valence-corrected chi connectivity index (χ0v) is 17.0. The summed E-state index contributed by atoms with van der Waals surface area (Å²) in [6, 6.07) is 22.1. The van der Waals surface area contributed by atoms with Crippen LogP contribution in [0.4, 0.5) is 5.69 Å². The maximum absolute atomic E-state index is 12.2. The van der Waals surface area contributed by atoms with Crippen molar-refractivity contribution in [1.29, 1.82) is 0 Å². The average Bonchev–Trinajstić information content (AvgIpc) is 2.74. The van der Waals surface area contributed by atoms with Crippen molar-refractivity contribution in [3.05, 3.63) is 78.4 Å². The van der Waals surface area contributed by atoms with Crippen molar-refractivity contribution in [1.82, 2.24) is 4.72 Å². The number of nitrogens with one attached hydrogen (secondary N) is 2. The predicted molar refractivity (Wildman–Crippen MR) is 113 cm³/mol. The van der Waals surface area contributed by atoms with E-state index in [-0.39, 0.29) is 17.4 Å². The molecule has 0 aliphatic carbocycles. The second kappa shape index (κ2) is 8.89. The van der Waals surface area contributed by atoms with E-state index in [1.54, 1.807) is 31.2 Å². The van der Waals surface area contributed by atoms with Crippen molar-refractivity contribution >= 4 is 21.6 Å². The molecule has 0 fully saturated rings. The van der Waals surface area contributed by atoms with Crippen molar-refractivity contribution in [3.63, 3.8) is 0 Å². The average molecular weight is 410 g/mol. The van der Waals surface area contributed by atoms with Crippen LogP contribution in [0.25, 0.3) is 11.1 Å². The van der Waals surface area contributed by atoms with Gasteiger partial charge in [-0.1, -0.05) is 48.5 Å². The van der Waals surface area contributed by atoms with Crippen LogP contribution in [0.2, 0.25) is 0 Å². The minimum absolute atomic E-state index is 0.121. The number of amides is 1. The van der Waals surface area contributed by atoms with E-state index in [0.29, 0.717) is 17.0 Å². The van der Waals surface area contributed by atoms with Gasteiger partial charge in [0, 0.05) is 5.69 Å². The monoisotopic (exact) mass is 410 g/mol. The highest BCUT2D eigenvalue weighted by Gasteiger charge is 2.16. The second-order valence-electron chi connectivity index (χ2n) is 6.42. The van der Waals surface area contributed by atoms with Crippen LogP contribution in [0.1, 0.15) is 5.56 Å². The molecule has 0 aliphatic rings. The minimum atomic E-state index is -3.60. The summed E-state index contributed by atoms with van der Waals surface area (Å²) in [6.45, 7) is 1.50. The fraction of sp³-hybridized carbons (Fsp3) is 0.136. The summed E-state index contributed by atoms with van der Waals surface area (Å²) >= 11 is 0. The van der Waals surface area contributed by atoms with Crippen LogP contribution in [-0.2, 0) is 14.8 Å². The summed E-state index contributed by atoms with van der Waals surface area (Å²) in [4.78, 5) is 12.3. The lowest BCUT2D eigenvalue weighted by Gasteiger charge is -2.11. The standard InChI is InChI=1S/C22H22N2O4S/c1-16-8-11-19(14-21(16)29(26,27)23-2)24-22(25)15-28-20-12-9-18(10-13-20)17-6-4-3-5-7-17/h3-14,23H,15H2,1-2H3,(H,24,25). The number of carbonyl (C=O) groups is 1. The van der Waals surface area contributed by atoms with Gasteiger partial charge < -0.3 is 10.1 Å². The molecule has 0 unspecified atom stereocenters. The summed E-state index contributed by atoms with van der Waals surface area (Å²) in [7, 11) is -2.26. The summed E-state index contributed by atoms with van der Waals surface area (Å²) in [5, 5.41) is 2.66. The quantitative estimate of drug-likeness (QED) is 0.623. The smallest absolute Gasteiger partial charge is 0.262 e. The third-order valence-electron chi connectivity index (χ3n) is 4.36. The molecule has 2 N–H and O–H groups in total. The van der Waals surface area contributed by atoms with Crippen molar-refractivity contribution in [2.24, 2.45) is 0 Å². The van der Waals surface area contributed by atoms with Crippen LogP contribution >= 0.6 is 0 Å². The molecule has 3 rings (SSSR count). The van der Waals surface area contributed by atoms with E-state index in [2.05, 4.69) is 10.0 Å². The van der Waals surface area contributed by atoms with Crippen molar-refractivity contribution < 1.29 is 17.9 Å². The number of ether oxygens (including phenoxy) is 1. The zero-order chi connectivity index (χ0) is 20.9. The largest absolute Gasteiger partial charge is 0.484 e. The van der Waals surface area contributed by atoms with Gasteiger partial charge in [0.15, 0.2) is 6.61 Å². The zero-order valence-electron chi connectivity index (χ0n) is 16.2. The van der Waals surface area contributed by atoms with E-state index >= 15 is 0 Å². The Balaban J connectivity index is 1.61. The van der Waals surface area contributed by atoms with Crippen LogP contribution in [0.5, 0.6) is 5.75 Å². The lowest BCUT2D eigenvalue weighted by molar-refractivity contribution is -0.118. The molecule has 0 atom stereocenters. The van der Waals surface area contributed by atoms with Gasteiger partial charge in [-0.3, -0.25) is 4.79 Å². The third-order valence-corrected chi connectivity index (χ3v) is 5.92. The molecule has 29 heavy (non-hydrogen) atoms. The maximum Gasteiger partial charge on any atom is 0.262 e. The SMILES string of the molecule is CNS(=O)(=O)c1cc(NC(=O)COc2ccc(-c3ccccc3)cc2)ccc1C. The van der Waals surface area contributed by atoms with Gasteiger partial charge in [-0.05, 0) is 54.9 Å². The van der Waals surface area contributed by atoms with Gasteiger partial charge in [0.05, 0.1) is 4.90 Å². The molecule has 150 valence electrons. The molecule has 0 aliphatic heterocycles. The number of anilines is 1. The van der Waals surface area contributed by atoms with Gasteiger partial charge in [-0.15, -0.1) is 0 Å². The van der Waals surface area contributed by atoms with Crippen molar-refractivity contribution in [2.45, 2.75) is 11.8 Å². The Hall–Kier alpha value is -3.16. The number of hydrogen-bond acceptors (Lipinski definition) is 4. The molecule has 0 saturated carbocycles. The van der Waals surface area contributed by atoms with Gasteiger partial charge in [-0.25, -0.2) is 13.1 Å². The summed E-state index contributed by atoms with van der Waals surface area (Å²) in [5.41, 5.74) is 3.13. The maximum atomic E-state index is 12.2. The van der Waals surface area contributed by atoms with Crippen molar-refractivity contribution in [3.8, 4) is 16.9 Å². The summed E-state index contributed by atoms with van der Waals surface area (Å²) < 4.78 is 31.9. The van der Waals surface area contributed by atoms with Crippen LogP contribution in [0, 0.1) is 6.92 Å². The molecule has 3 aromatic carbocycles. The van der Waals surface area contributed by atoms with E-state index < -0.39 is 10.0 Å². The highest BCUT2D eigenvalue weighted by atomic mass is 32.2. The molecule has 3 aromatic rings. The fourth-order valence-electron chi connectivity index (χ4n) is 2.80. The molecular formula is C22H22N2O4S. The summed E-state index contributed by atoms with van der Waals surface area (Å²) in [6.07, 6.45) is 0. The fourth-order valence-corrected chi connectivity index (χ4v) is 3.79. The second-order valence-corrected chi connectivity index (χ2v) is 8.27. The molecule has 0 aromatic heterocycles. The first-order valence-electron chi connectivity index (χ1n) is 9.01. The number of rotatable bonds is 7. The Morgan fingerprint density at radius 2 is 1.59 bits per heavy atom. The molecule has 6 nitrogen and oxygen atoms in total. The van der Waals surface area contributed by atoms with Crippen LogP contribution < -0.4 is 14.8 Å². The highest BCUT2D eigenvalue weighted by Crippen LogP contribution is 2.22. The molecule has 1 amide bonds. The Labute approximate surface area is 170 Å². The van der Waals surface area contributed by atoms with Gasteiger partial charge >= 0.3 is 0 Å². The molecule has 0 saturated heterocycles. The van der Waals surface area contributed by atoms with Crippen molar-refractivity contribution in [2.75, 3.05) is 19.0 Å². The van der Waals surface area contributed by atoms with E-state index in [0.717, 1.165) is 11.1 Å². The Bertz CT molecular complexity index is 1100.